The SMILES string of the molecule is CC.N#CCSC(CNO)c1ccccc1. The molecule has 0 amide bonds. The third-order valence-electron chi connectivity index (χ3n) is 1.80. The lowest BCUT2D eigenvalue weighted by atomic mass is 10.1. The maximum Gasteiger partial charge on any atom is 0.0814 e. The van der Waals surface area contributed by atoms with Gasteiger partial charge in [-0.25, -0.2) is 5.48 Å². The van der Waals surface area contributed by atoms with Crippen molar-refractivity contribution in [3.63, 3.8) is 0 Å². The average Bonchev–Trinajstić information content (AvgIpc) is 2.38. The minimum atomic E-state index is 0.126. The minimum absolute atomic E-state index is 0.126. The molecule has 0 spiro atoms. The van der Waals surface area contributed by atoms with Gasteiger partial charge in [0.25, 0.3) is 0 Å². The molecule has 0 aromatic heterocycles. The molecule has 88 valence electrons. The molecule has 2 N–H and O–H groups in total. The van der Waals surface area contributed by atoms with Gasteiger partial charge >= 0.3 is 0 Å². The summed E-state index contributed by atoms with van der Waals surface area (Å²) in [5.41, 5.74) is 3.26. The number of hydroxylamine groups is 1. The van der Waals surface area contributed by atoms with Crippen molar-refractivity contribution in [3.05, 3.63) is 35.9 Å². The van der Waals surface area contributed by atoms with E-state index in [1.165, 1.54) is 11.8 Å². The molecule has 0 saturated carbocycles. The molecule has 0 aliphatic carbocycles. The first-order valence-electron chi connectivity index (χ1n) is 5.29. The van der Waals surface area contributed by atoms with Crippen LogP contribution in [0, 0.1) is 11.3 Å². The van der Waals surface area contributed by atoms with E-state index < -0.39 is 0 Å². The van der Waals surface area contributed by atoms with Crippen LogP contribution in [0.4, 0.5) is 0 Å². The molecule has 1 aromatic rings. The van der Waals surface area contributed by atoms with Crippen LogP contribution < -0.4 is 5.48 Å². The fourth-order valence-electron chi connectivity index (χ4n) is 1.16. The first-order chi connectivity index (χ1) is 7.88. The molecular weight excluding hydrogens is 220 g/mol. The number of rotatable bonds is 5. The van der Waals surface area contributed by atoms with Gasteiger partial charge in [-0.05, 0) is 5.56 Å². The second-order valence-electron chi connectivity index (χ2n) is 2.73. The molecule has 0 fully saturated rings. The number of benzene rings is 1. The number of hydrogen-bond acceptors (Lipinski definition) is 4. The van der Waals surface area contributed by atoms with Gasteiger partial charge < -0.3 is 5.21 Å². The Bertz CT molecular complexity index is 298. The van der Waals surface area contributed by atoms with E-state index >= 15 is 0 Å². The normalized spacial score (nSPS) is 10.9. The second-order valence-corrected chi connectivity index (χ2v) is 3.92. The van der Waals surface area contributed by atoms with Crippen LogP contribution in [0.3, 0.4) is 0 Å². The van der Waals surface area contributed by atoms with Gasteiger partial charge in [0.05, 0.1) is 11.8 Å². The van der Waals surface area contributed by atoms with Crippen molar-refractivity contribution >= 4 is 11.8 Å². The first kappa shape index (κ1) is 15.0. The summed E-state index contributed by atoms with van der Waals surface area (Å²) in [5, 5.41) is 17.3. The van der Waals surface area contributed by atoms with Crippen LogP contribution in [0.2, 0.25) is 0 Å². The van der Waals surface area contributed by atoms with E-state index in [2.05, 4.69) is 11.5 Å². The highest BCUT2D eigenvalue weighted by atomic mass is 32.2. The Morgan fingerprint density at radius 1 is 1.38 bits per heavy atom. The summed E-state index contributed by atoms with van der Waals surface area (Å²) in [4.78, 5) is 0. The zero-order chi connectivity index (χ0) is 12.2. The molecular formula is C12H18N2OS. The van der Waals surface area contributed by atoms with Gasteiger partial charge in [0.1, 0.15) is 0 Å². The lowest BCUT2D eigenvalue weighted by Gasteiger charge is -2.13. The van der Waals surface area contributed by atoms with Gasteiger partial charge in [0, 0.05) is 11.8 Å². The Labute approximate surface area is 101 Å². The summed E-state index contributed by atoms with van der Waals surface area (Å²) in [6.45, 7) is 4.45. The van der Waals surface area contributed by atoms with Crippen molar-refractivity contribution in [2.75, 3.05) is 12.3 Å². The van der Waals surface area contributed by atoms with Crippen molar-refractivity contribution in [2.24, 2.45) is 0 Å². The Balaban J connectivity index is 0.00000106. The van der Waals surface area contributed by atoms with Crippen LogP contribution in [-0.4, -0.2) is 17.5 Å². The van der Waals surface area contributed by atoms with Crippen LogP contribution in [0.1, 0.15) is 24.7 Å². The molecule has 0 aliphatic heterocycles. The molecule has 0 heterocycles. The summed E-state index contributed by atoms with van der Waals surface area (Å²) in [6.07, 6.45) is 0. The number of thioether (sulfide) groups is 1. The van der Waals surface area contributed by atoms with Crippen LogP contribution in [-0.2, 0) is 0 Å². The van der Waals surface area contributed by atoms with E-state index in [0.29, 0.717) is 12.3 Å². The topological polar surface area (TPSA) is 56.0 Å². The summed E-state index contributed by atoms with van der Waals surface area (Å²) in [5.74, 6) is 0.432. The molecule has 0 bridgehead atoms. The Morgan fingerprint density at radius 3 is 2.50 bits per heavy atom. The number of hydrogen-bond donors (Lipinski definition) is 2. The van der Waals surface area contributed by atoms with Gasteiger partial charge in [-0.15, -0.1) is 11.8 Å². The second kappa shape index (κ2) is 10.5. The summed E-state index contributed by atoms with van der Waals surface area (Å²) in [7, 11) is 0. The minimum Gasteiger partial charge on any atom is -0.317 e. The summed E-state index contributed by atoms with van der Waals surface area (Å²) in [6, 6.07) is 11.9. The van der Waals surface area contributed by atoms with Crippen molar-refractivity contribution in [1.82, 2.24) is 5.48 Å². The molecule has 16 heavy (non-hydrogen) atoms. The molecule has 3 nitrogen and oxygen atoms in total. The number of nitrogens with zero attached hydrogens (tertiary/aromatic N) is 1. The Morgan fingerprint density at radius 2 is 2.00 bits per heavy atom. The van der Waals surface area contributed by atoms with E-state index in [-0.39, 0.29) is 5.25 Å². The fourth-order valence-corrected chi connectivity index (χ4v) is 1.98. The van der Waals surface area contributed by atoms with Crippen LogP contribution >= 0.6 is 11.8 Å². The van der Waals surface area contributed by atoms with E-state index in [0.717, 1.165) is 5.56 Å². The smallest absolute Gasteiger partial charge is 0.0814 e. The molecule has 0 aliphatic rings. The van der Waals surface area contributed by atoms with Gasteiger partial charge in [0.2, 0.25) is 0 Å². The van der Waals surface area contributed by atoms with E-state index in [9.17, 15) is 0 Å². The van der Waals surface area contributed by atoms with E-state index in [1.54, 1.807) is 0 Å². The van der Waals surface area contributed by atoms with Gasteiger partial charge in [-0.2, -0.15) is 5.26 Å². The largest absolute Gasteiger partial charge is 0.317 e. The van der Waals surface area contributed by atoms with Crippen molar-refractivity contribution in [2.45, 2.75) is 19.1 Å². The maximum absolute atomic E-state index is 8.65. The summed E-state index contributed by atoms with van der Waals surface area (Å²) < 4.78 is 0. The monoisotopic (exact) mass is 238 g/mol. The predicted molar refractivity (Wildman–Crippen MR) is 68.4 cm³/mol. The fraction of sp³-hybridized carbons (Fsp3) is 0.417. The highest BCUT2D eigenvalue weighted by Gasteiger charge is 2.10. The quantitative estimate of drug-likeness (QED) is 0.774. The maximum atomic E-state index is 8.65. The molecule has 1 aromatic carbocycles. The van der Waals surface area contributed by atoms with Crippen LogP contribution in [0.25, 0.3) is 0 Å². The number of nitriles is 1. The van der Waals surface area contributed by atoms with Gasteiger partial charge in [0.15, 0.2) is 0 Å². The predicted octanol–water partition coefficient (Wildman–Crippen LogP) is 2.99. The zero-order valence-electron chi connectivity index (χ0n) is 9.68. The third kappa shape index (κ3) is 5.76. The first-order valence-corrected chi connectivity index (χ1v) is 6.34. The highest BCUT2D eigenvalue weighted by Crippen LogP contribution is 2.27. The lowest BCUT2D eigenvalue weighted by molar-refractivity contribution is 0.167. The zero-order valence-corrected chi connectivity index (χ0v) is 10.5. The molecule has 4 heteroatoms. The van der Waals surface area contributed by atoms with Gasteiger partial charge in [-0.1, -0.05) is 44.2 Å². The highest BCUT2D eigenvalue weighted by molar-refractivity contribution is 7.99. The lowest BCUT2D eigenvalue weighted by Crippen LogP contribution is -2.15. The van der Waals surface area contributed by atoms with Crippen LogP contribution in [0.5, 0.6) is 0 Å². The van der Waals surface area contributed by atoms with E-state index in [4.69, 9.17) is 10.5 Å². The van der Waals surface area contributed by atoms with Crippen molar-refractivity contribution < 1.29 is 5.21 Å². The molecule has 1 unspecified atom stereocenters. The van der Waals surface area contributed by atoms with Crippen molar-refractivity contribution in [1.29, 1.82) is 5.26 Å². The number of nitrogens with one attached hydrogen (secondary N) is 1. The Hall–Kier alpha value is -1.02. The Kier molecular flexibility index (Phi) is 9.83. The standard InChI is InChI=1S/C10H12N2OS.C2H6/c11-6-7-14-10(8-12-13)9-4-2-1-3-5-9;1-2/h1-5,10,12-13H,7-8H2;1-2H3. The van der Waals surface area contributed by atoms with E-state index in [1.807, 2.05) is 44.2 Å². The molecule has 0 radical (unpaired) electrons. The molecule has 0 saturated heterocycles. The molecule has 1 rings (SSSR count). The third-order valence-corrected chi connectivity index (χ3v) is 2.93. The molecule has 1 atom stereocenters. The summed E-state index contributed by atoms with van der Waals surface area (Å²) >= 11 is 1.52. The average molecular weight is 238 g/mol. The van der Waals surface area contributed by atoms with Crippen LogP contribution in [0.15, 0.2) is 30.3 Å². The van der Waals surface area contributed by atoms with Crippen molar-refractivity contribution in [3.8, 4) is 6.07 Å². The van der Waals surface area contributed by atoms with Gasteiger partial charge in [-0.3, -0.25) is 0 Å².